The lowest BCUT2D eigenvalue weighted by atomic mass is 10.2. The minimum atomic E-state index is -0.347. The van der Waals surface area contributed by atoms with E-state index in [2.05, 4.69) is 20.3 Å². The molecule has 1 unspecified atom stereocenters. The summed E-state index contributed by atoms with van der Waals surface area (Å²) in [6.07, 6.45) is 1.20. The van der Waals surface area contributed by atoms with Gasteiger partial charge in [-0.05, 0) is 10.4 Å². The highest BCUT2D eigenvalue weighted by molar-refractivity contribution is 5.76. The van der Waals surface area contributed by atoms with Crippen LogP contribution in [0.2, 0.25) is 0 Å². The largest absolute Gasteiger partial charge is 0.469 e. The molecule has 1 fully saturated rings. The van der Waals surface area contributed by atoms with E-state index >= 15 is 0 Å². The highest BCUT2D eigenvalue weighted by Gasteiger charge is 2.26. The number of hydrogen-bond donors (Lipinski definition) is 0. The lowest BCUT2D eigenvalue weighted by molar-refractivity contribution is -0.150. The van der Waals surface area contributed by atoms with Crippen LogP contribution in [-0.2, 0) is 25.6 Å². The number of amides is 1. The second kappa shape index (κ2) is 6.23. The third-order valence-electron chi connectivity index (χ3n) is 2.80. The maximum atomic E-state index is 12.0. The molecule has 1 aliphatic rings. The zero-order chi connectivity index (χ0) is 13.7. The Morgan fingerprint density at radius 3 is 3.05 bits per heavy atom. The van der Waals surface area contributed by atoms with Crippen LogP contribution in [0.3, 0.4) is 0 Å². The van der Waals surface area contributed by atoms with Crippen LogP contribution in [0.5, 0.6) is 0 Å². The molecule has 0 saturated carbocycles. The lowest BCUT2D eigenvalue weighted by Crippen LogP contribution is -2.47. The summed E-state index contributed by atoms with van der Waals surface area (Å²) in [5, 5.41) is 10.6. The van der Waals surface area contributed by atoms with E-state index in [-0.39, 0.29) is 30.9 Å². The average molecular weight is 269 g/mol. The molecule has 104 valence electrons. The van der Waals surface area contributed by atoms with E-state index in [1.54, 1.807) is 4.90 Å². The molecule has 2 heterocycles. The van der Waals surface area contributed by atoms with Crippen molar-refractivity contribution in [3.63, 3.8) is 0 Å². The van der Waals surface area contributed by atoms with Crippen molar-refractivity contribution in [3.05, 3.63) is 6.33 Å². The SMILES string of the molecule is COC(=O)CC1CN(C(=O)Cn2cnnn2)CCO1. The van der Waals surface area contributed by atoms with E-state index in [1.807, 2.05) is 0 Å². The molecule has 2 rings (SSSR count). The molecular weight excluding hydrogens is 254 g/mol. The number of esters is 1. The van der Waals surface area contributed by atoms with E-state index in [0.29, 0.717) is 19.7 Å². The third kappa shape index (κ3) is 3.71. The molecule has 19 heavy (non-hydrogen) atoms. The highest BCUT2D eigenvalue weighted by Crippen LogP contribution is 2.10. The van der Waals surface area contributed by atoms with Crippen molar-refractivity contribution in [1.82, 2.24) is 25.1 Å². The van der Waals surface area contributed by atoms with Gasteiger partial charge in [-0.25, -0.2) is 4.68 Å². The summed E-state index contributed by atoms with van der Waals surface area (Å²) in [7, 11) is 1.33. The van der Waals surface area contributed by atoms with Gasteiger partial charge < -0.3 is 14.4 Å². The van der Waals surface area contributed by atoms with Crippen molar-refractivity contribution in [2.24, 2.45) is 0 Å². The standard InChI is InChI=1S/C10H15N5O4/c1-18-10(17)4-8-5-14(2-3-19-8)9(16)6-15-7-11-12-13-15/h7-8H,2-6H2,1H3. The van der Waals surface area contributed by atoms with Gasteiger partial charge >= 0.3 is 5.97 Å². The first-order valence-corrected chi connectivity index (χ1v) is 5.86. The fourth-order valence-corrected chi connectivity index (χ4v) is 1.83. The molecule has 0 aromatic carbocycles. The number of rotatable bonds is 4. The zero-order valence-corrected chi connectivity index (χ0v) is 10.6. The smallest absolute Gasteiger partial charge is 0.308 e. The molecule has 1 atom stereocenters. The number of methoxy groups -OCH3 is 1. The number of ether oxygens (including phenoxy) is 2. The fraction of sp³-hybridized carbons (Fsp3) is 0.700. The Balaban J connectivity index is 1.86. The fourth-order valence-electron chi connectivity index (χ4n) is 1.83. The number of hydrogen-bond acceptors (Lipinski definition) is 7. The van der Waals surface area contributed by atoms with E-state index in [1.165, 1.54) is 18.1 Å². The van der Waals surface area contributed by atoms with Crippen LogP contribution in [-0.4, -0.2) is 69.9 Å². The Kier molecular flexibility index (Phi) is 4.39. The number of tetrazole rings is 1. The van der Waals surface area contributed by atoms with Gasteiger partial charge in [-0.3, -0.25) is 9.59 Å². The molecule has 0 N–H and O–H groups in total. The summed E-state index contributed by atoms with van der Waals surface area (Å²) in [6.45, 7) is 1.36. The van der Waals surface area contributed by atoms with Crippen molar-refractivity contribution in [2.75, 3.05) is 26.8 Å². The van der Waals surface area contributed by atoms with Crippen molar-refractivity contribution in [2.45, 2.75) is 19.1 Å². The van der Waals surface area contributed by atoms with Crippen molar-refractivity contribution in [1.29, 1.82) is 0 Å². The Bertz CT molecular complexity index is 435. The van der Waals surface area contributed by atoms with Gasteiger partial charge in [0.2, 0.25) is 5.91 Å². The molecule has 1 saturated heterocycles. The minimum Gasteiger partial charge on any atom is -0.469 e. The predicted molar refractivity (Wildman–Crippen MR) is 60.8 cm³/mol. The van der Waals surface area contributed by atoms with Gasteiger partial charge in [-0.2, -0.15) is 0 Å². The average Bonchev–Trinajstić information content (AvgIpc) is 2.91. The molecule has 0 spiro atoms. The number of carbonyl (C=O) groups is 2. The van der Waals surface area contributed by atoms with Gasteiger partial charge in [-0.1, -0.05) is 0 Å². The Labute approximate surface area is 109 Å². The molecule has 1 amide bonds. The number of aromatic nitrogens is 4. The first-order valence-electron chi connectivity index (χ1n) is 5.86. The maximum Gasteiger partial charge on any atom is 0.308 e. The van der Waals surface area contributed by atoms with Gasteiger partial charge in [-0.15, -0.1) is 5.10 Å². The molecule has 1 aromatic rings. The molecule has 0 radical (unpaired) electrons. The van der Waals surface area contributed by atoms with E-state index in [0.717, 1.165) is 0 Å². The molecule has 0 bridgehead atoms. The molecule has 9 nitrogen and oxygen atoms in total. The second-order valence-corrected chi connectivity index (χ2v) is 4.12. The first kappa shape index (κ1) is 13.4. The molecule has 1 aliphatic heterocycles. The van der Waals surface area contributed by atoms with Crippen LogP contribution in [0, 0.1) is 0 Å². The predicted octanol–water partition coefficient (Wildman–Crippen LogP) is -1.54. The summed E-state index contributed by atoms with van der Waals surface area (Å²) in [5.41, 5.74) is 0. The second-order valence-electron chi connectivity index (χ2n) is 4.12. The summed E-state index contributed by atoms with van der Waals surface area (Å²) in [5.74, 6) is -0.453. The van der Waals surface area contributed by atoms with Crippen molar-refractivity contribution in [3.8, 4) is 0 Å². The van der Waals surface area contributed by atoms with Gasteiger partial charge in [0.1, 0.15) is 12.9 Å². The summed E-state index contributed by atoms with van der Waals surface area (Å²) < 4.78 is 11.4. The van der Waals surface area contributed by atoms with E-state index in [9.17, 15) is 9.59 Å². The molecular formula is C10H15N5O4. The van der Waals surface area contributed by atoms with Crippen LogP contribution >= 0.6 is 0 Å². The van der Waals surface area contributed by atoms with Gasteiger partial charge in [0.05, 0.1) is 26.2 Å². The minimum absolute atomic E-state index is 0.0813. The lowest BCUT2D eigenvalue weighted by Gasteiger charge is -2.32. The van der Waals surface area contributed by atoms with Crippen molar-refractivity contribution >= 4 is 11.9 Å². The summed E-state index contributed by atoms with van der Waals surface area (Å²) >= 11 is 0. The first-order chi connectivity index (χ1) is 9.19. The van der Waals surface area contributed by atoms with E-state index in [4.69, 9.17) is 4.74 Å². The number of nitrogens with zero attached hydrogens (tertiary/aromatic N) is 5. The van der Waals surface area contributed by atoms with Crippen molar-refractivity contribution < 1.29 is 19.1 Å². The van der Waals surface area contributed by atoms with Crippen LogP contribution in [0.1, 0.15) is 6.42 Å². The maximum absolute atomic E-state index is 12.0. The summed E-state index contributed by atoms with van der Waals surface area (Å²) in [6, 6.07) is 0. The van der Waals surface area contributed by atoms with Crippen LogP contribution < -0.4 is 0 Å². The molecule has 1 aromatic heterocycles. The summed E-state index contributed by atoms with van der Waals surface area (Å²) in [4.78, 5) is 24.8. The zero-order valence-electron chi connectivity index (χ0n) is 10.6. The van der Waals surface area contributed by atoms with Gasteiger partial charge in [0.15, 0.2) is 0 Å². The molecule has 0 aliphatic carbocycles. The van der Waals surface area contributed by atoms with Crippen LogP contribution in [0.15, 0.2) is 6.33 Å². The number of carbonyl (C=O) groups excluding carboxylic acids is 2. The Hall–Kier alpha value is -2.03. The van der Waals surface area contributed by atoms with Crippen LogP contribution in [0.25, 0.3) is 0 Å². The normalized spacial score (nSPS) is 19.2. The Morgan fingerprint density at radius 2 is 2.37 bits per heavy atom. The topological polar surface area (TPSA) is 99.4 Å². The van der Waals surface area contributed by atoms with Crippen LogP contribution in [0.4, 0.5) is 0 Å². The Morgan fingerprint density at radius 1 is 1.53 bits per heavy atom. The monoisotopic (exact) mass is 269 g/mol. The third-order valence-corrected chi connectivity index (χ3v) is 2.80. The van der Waals surface area contributed by atoms with Gasteiger partial charge in [0.25, 0.3) is 0 Å². The highest BCUT2D eigenvalue weighted by atomic mass is 16.5. The molecule has 9 heteroatoms. The number of morpholine rings is 1. The quantitative estimate of drug-likeness (QED) is 0.611. The van der Waals surface area contributed by atoms with E-state index < -0.39 is 0 Å². The van der Waals surface area contributed by atoms with Gasteiger partial charge in [0, 0.05) is 13.1 Å².